The van der Waals surface area contributed by atoms with Crippen molar-refractivity contribution in [2.45, 2.75) is 19.3 Å². The van der Waals surface area contributed by atoms with E-state index in [4.69, 9.17) is 10.00 Å². The summed E-state index contributed by atoms with van der Waals surface area (Å²) in [6.07, 6.45) is 3.27. The molecular formula is C10H13NO2. The van der Waals surface area contributed by atoms with Gasteiger partial charge in [-0.25, -0.2) is 0 Å². The number of ether oxygens (including phenoxy) is 1. The van der Waals surface area contributed by atoms with Crippen LogP contribution in [0.1, 0.15) is 19.3 Å². The molecule has 4 atom stereocenters. The largest absolute Gasteiger partial charge is 0.469 e. The van der Waals surface area contributed by atoms with Crippen molar-refractivity contribution in [1.82, 2.24) is 0 Å². The molecular weight excluding hydrogens is 166 g/mol. The van der Waals surface area contributed by atoms with Gasteiger partial charge in [0.15, 0.2) is 0 Å². The summed E-state index contributed by atoms with van der Waals surface area (Å²) in [6, 6.07) is 2.26. The van der Waals surface area contributed by atoms with Gasteiger partial charge in [-0.15, -0.1) is 0 Å². The molecule has 0 aromatic heterocycles. The Morgan fingerprint density at radius 2 is 2.15 bits per heavy atom. The molecule has 2 saturated carbocycles. The normalized spacial score (nSPS) is 41.5. The molecule has 2 rings (SSSR count). The zero-order valence-corrected chi connectivity index (χ0v) is 7.69. The number of nitriles is 1. The van der Waals surface area contributed by atoms with Gasteiger partial charge in [-0.05, 0) is 31.1 Å². The number of rotatable bonds is 1. The number of esters is 1. The predicted molar refractivity (Wildman–Crippen MR) is 45.4 cm³/mol. The second-order valence-corrected chi connectivity index (χ2v) is 4.04. The average Bonchev–Trinajstić information content (AvgIpc) is 2.74. The highest BCUT2D eigenvalue weighted by Gasteiger charge is 2.51. The lowest BCUT2D eigenvalue weighted by Crippen LogP contribution is -2.29. The molecule has 0 amide bonds. The summed E-state index contributed by atoms with van der Waals surface area (Å²) in [4.78, 5) is 11.4. The van der Waals surface area contributed by atoms with Crippen LogP contribution in [0.4, 0.5) is 0 Å². The second-order valence-electron chi connectivity index (χ2n) is 4.04. The predicted octanol–water partition coefficient (Wildman–Crippen LogP) is 1.35. The molecule has 0 N–H and O–H groups in total. The molecule has 2 aliphatic carbocycles. The maximum atomic E-state index is 11.4. The van der Waals surface area contributed by atoms with Crippen LogP contribution < -0.4 is 0 Å². The fourth-order valence-corrected chi connectivity index (χ4v) is 2.95. The van der Waals surface area contributed by atoms with Crippen LogP contribution in [0.3, 0.4) is 0 Å². The van der Waals surface area contributed by atoms with E-state index in [9.17, 15) is 4.79 Å². The van der Waals surface area contributed by atoms with Crippen molar-refractivity contribution >= 4 is 5.97 Å². The molecule has 3 heteroatoms. The Morgan fingerprint density at radius 1 is 1.46 bits per heavy atom. The number of carbonyl (C=O) groups is 1. The molecule has 70 valence electrons. The molecule has 0 saturated heterocycles. The van der Waals surface area contributed by atoms with Crippen molar-refractivity contribution in [3.05, 3.63) is 0 Å². The molecule has 0 aromatic rings. The first kappa shape index (κ1) is 8.55. The van der Waals surface area contributed by atoms with Crippen molar-refractivity contribution in [3.63, 3.8) is 0 Å². The van der Waals surface area contributed by atoms with E-state index in [1.54, 1.807) is 0 Å². The van der Waals surface area contributed by atoms with E-state index in [1.165, 1.54) is 7.11 Å². The van der Waals surface area contributed by atoms with Gasteiger partial charge in [-0.1, -0.05) is 0 Å². The summed E-state index contributed by atoms with van der Waals surface area (Å²) in [7, 11) is 1.41. The number of methoxy groups -OCH3 is 1. The summed E-state index contributed by atoms with van der Waals surface area (Å²) in [5.74, 6) is 0.486. The van der Waals surface area contributed by atoms with Crippen molar-refractivity contribution in [3.8, 4) is 6.07 Å². The summed E-state index contributed by atoms with van der Waals surface area (Å²) < 4.78 is 4.73. The van der Waals surface area contributed by atoms with Gasteiger partial charge < -0.3 is 4.74 Å². The minimum Gasteiger partial charge on any atom is -0.469 e. The highest BCUT2D eigenvalue weighted by Crippen LogP contribution is 2.52. The van der Waals surface area contributed by atoms with Crippen LogP contribution in [-0.2, 0) is 9.53 Å². The van der Waals surface area contributed by atoms with Gasteiger partial charge in [0.2, 0.25) is 0 Å². The lowest BCUT2D eigenvalue weighted by Gasteiger charge is -2.23. The number of hydrogen-bond donors (Lipinski definition) is 0. The lowest BCUT2D eigenvalue weighted by atomic mass is 9.80. The van der Waals surface area contributed by atoms with Crippen LogP contribution in [0.15, 0.2) is 0 Å². The minimum atomic E-state index is -0.182. The van der Waals surface area contributed by atoms with E-state index in [0.29, 0.717) is 11.8 Å². The Balaban J connectivity index is 2.19. The van der Waals surface area contributed by atoms with Gasteiger partial charge in [0.1, 0.15) is 0 Å². The van der Waals surface area contributed by atoms with Crippen LogP contribution in [0, 0.1) is 35.0 Å². The number of fused-ring (bicyclic) bond motifs is 2. The van der Waals surface area contributed by atoms with E-state index >= 15 is 0 Å². The van der Waals surface area contributed by atoms with Crippen LogP contribution in [0.5, 0.6) is 0 Å². The molecule has 0 unspecified atom stereocenters. The lowest BCUT2D eigenvalue weighted by molar-refractivity contribution is -0.148. The number of hydrogen-bond acceptors (Lipinski definition) is 3. The van der Waals surface area contributed by atoms with Crippen molar-refractivity contribution in [2.75, 3.05) is 7.11 Å². The molecule has 0 aromatic carbocycles. The Hall–Kier alpha value is -1.04. The van der Waals surface area contributed by atoms with E-state index < -0.39 is 0 Å². The minimum absolute atomic E-state index is 0.0776. The van der Waals surface area contributed by atoms with E-state index in [0.717, 1.165) is 19.3 Å². The maximum Gasteiger partial charge on any atom is 0.310 e. The Bertz CT molecular complexity index is 269. The molecule has 0 aliphatic heterocycles. The van der Waals surface area contributed by atoms with E-state index in [-0.39, 0.29) is 17.8 Å². The van der Waals surface area contributed by atoms with Gasteiger partial charge in [-0.3, -0.25) is 4.79 Å². The van der Waals surface area contributed by atoms with Crippen LogP contribution >= 0.6 is 0 Å². The van der Waals surface area contributed by atoms with Gasteiger partial charge in [0.05, 0.1) is 25.0 Å². The monoisotopic (exact) mass is 179 g/mol. The molecule has 0 heterocycles. The Labute approximate surface area is 77.7 Å². The first-order chi connectivity index (χ1) is 6.27. The molecule has 2 bridgehead atoms. The molecule has 2 fully saturated rings. The fraction of sp³-hybridized carbons (Fsp3) is 0.800. The van der Waals surface area contributed by atoms with Crippen molar-refractivity contribution in [2.24, 2.45) is 23.7 Å². The van der Waals surface area contributed by atoms with Crippen LogP contribution in [-0.4, -0.2) is 13.1 Å². The van der Waals surface area contributed by atoms with Gasteiger partial charge >= 0.3 is 5.97 Å². The topological polar surface area (TPSA) is 50.1 Å². The SMILES string of the molecule is COC(=O)[C@H]1[C@@H]2CC[C@@H](C2)[C@H]1C#N. The third kappa shape index (κ3) is 1.13. The quantitative estimate of drug-likeness (QED) is 0.571. The summed E-state index contributed by atoms with van der Waals surface area (Å²) in [5, 5.41) is 8.95. The van der Waals surface area contributed by atoms with Crippen LogP contribution in [0.2, 0.25) is 0 Å². The first-order valence-electron chi connectivity index (χ1n) is 4.75. The third-order valence-corrected chi connectivity index (χ3v) is 3.54. The highest BCUT2D eigenvalue weighted by atomic mass is 16.5. The first-order valence-corrected chi connectivity index (χ1v) is 4.75. The second kappa shape index (κ2) is 3.02. The highest BCUT2D eigenvalue weighted by molar-refractivity contribution is 5.74. The smallest absolute Gasteiger partial charge is 0.310 e. The average molecular weight is 179 g/mol. The zero-order valence-electron chi connectivity index (χ0n) is 7.69. The molecule has 3 nitrogen and oxygen atoms in total. The van der Waals surface area contributed by atoms with Crippen molar-refractivity contribution < 1.29 is 9.53 Å². The number of nitrogens with zero attached hydrogens (tertiary/aromatic N) is 1. The maximum absolute atomic E-state index is 11.4. The van der Waals surface area contributed by atoms with Gasteiger partial charge in [-0.2, -0.15) is 5.26 Å². The summed E-state index contributed by atoms with van der Waals surface area (Å²) in [5.41, 5.74) is 0. The standard InChI is InChI=1S/C10H13NO2/c1-13-10(12)9-7-3-2-6(4-7)8(9)5-11/h6-9H,2-4H2,1H3/t6-,7+,8+,9-/m0/s1. The van der Waals surface area contributed by atoms with Gasteiger partial charge in [0.25, 0.3) is 0 Å². The molecule has 13 heavy (non-hydrogen) atoms. The van der Waals surface area contributed by atoms with Gasteiger partial charge in [0, 0.05) is 0 Å². The van der Waals surface area contributed by atoms with Crippen molar-refractivity contribution in [1.29, 1.82) is 5.26 Å². The van der Waals surface area contributed by atoms with E-state index in [2.05, 4.69) is 6.07 Å². The van der Waals surface area contributed by atoms with Crippen LogP contribution in [0.25, 0.3) is 0 Å². The molecule has 0 radical (unpaired) electrons. The summed E-state index contributed by atoms with van der Waals surface area (Å²) in [6.45, 7) is 0. The number of carbonyl (C=O) groups excluding carboxylic acids is 1. The third-order valence-electron chi connectivity index (χ3n) is 3.54. The Morgan fingerprint density at radius 3 is 2.77 bits per heavy atom. The fourth-order valence-electron chi connectivity index (χ4n) is 2.95. The van der Waals surface area contributed by atoms with E-state index in [1.807, 2.05) is 0 Å². The molecule has 0 spiro atoms. The molecule has 2 aliphatic rings. The Kier molecular flexibility index (Phi) is 1.99. The summed E-state index contributed by atoms with van der Waals surface area (Å²) >= 11 is 0. The zero-order chi connectivity index (χ0) is 9.42.